The Hall–Kier alpha value is -2.28. The lowest BCUT2D eigenvalue weighted by Gasteiger charge is -2.36. The molecule has 138 valence electrons. The highest BCUT2D eigenvalue weighted by molar-refractivity contribution is 5.85. The van der Waals surface area contributed by atoms with Crippen molar-refractivity contribution < 1.29 is 14.3 Å². The third-order valence-corrected chi connectivity index (χ3v) is 4.45. The molecule has 1 fully saturated rings. The third-order valence-electron chi connectivity index (χ3n) is 4.45. The Bertz CT molecular complexity index is 598. The van der Waals surface area contributed by atoms with Gasteiger partial charge in [-0.05, 0) is 12.1 Å². The van der Waals surface area contributed by atoms with Crippen molar-refractivity contribution in [2.75, 3.05) is 72.4 Å². The summed E-state index contributed by atoms with van der Waals surface area (Å²) >= 11 is 0. The second-order valence-corrected chi connectivity index (χ2v) is 6.50. The molecule has 1 aliphatic heterocycles. The zero-order valence-corrected chi connectivity index (χ0v) is 15.6. The number of carbonyl (C=O) groups excluding carboxylic acids is 2. The standard InChI is InChI=1S/C18H28N4O3/c1-19(2)17(23)13-20(3)18(24)14-21-8-10-22(11-9-21)15-6-5-7-16(12-15)25-4/h5-7,12H,8-11,13-14H2,1-4H3. The second kappa shape index (κ2) is 8.71. The maximum Gasteiger partial charge on any atom is 0.241 e. The SMILES string of the molecule is COc1cccc(N2CCN(CC(=O)N(C)CC(=O)N(C)C)CC2)c1. The number of likely N-dealkylation sites (N-methyl/N-ethyl adjacent to an activating group) is 2. The molecule has 7 nitrogen and oxygen atoms in total. The lowest BCUT2D eigenvalue weighted by Crippen LogP contribution is -2.50. The summed E-state index contributed by atoms with van der Waals surface area (Å²) in [5.74, 6) is 0.756. The van der Waals surface area contributed by atoms with Crippen LogP contribution in [-0.4, -0.2) is 94.0 Å². The van der Waals surface area contributed by atoms with Crippen molar-refractivity contribution in [3.05, 3.63) is 24.3 Å². The number of benzene rings is 1. The van der Waals surface area contributed by atoms with E-state index < -0.39 is 0 Å². The molecule has 0 saturated carbocycles. The highest BCUT2D eigenvalue weighted by atomic mass is 16.5. The van der Waals surface area contributed by atoms with E-state index in [1.54, 1.807) is 28.3 Å². The minimum absolute atomic E-state index is 0.0231. The van der Waals surface area contributed by atoms with E-state index >= 15 is 0 Å². The van der Waals surface area contributed by atoms with Crippen LogP contribution in [0.2, 0.25) is 0 Å². The van der Waals surface area contributed by atoms with Crippen molar-refractivity contribution >= 4 is 17.5 Å². The fraction of sp³-hybridized carbons (Fsp3) is 0.556. The number of amides is 2. The zero-order chi connectivity index (χ0) is 18.4. The van der Waals surface area contributed by atoms with Gasteiger partial charge in [-0.3, -0.25) is 14.5 Å². The van der Waals surface area contributed by atoms with E-state index in [1.807, 2.05) is 18.2 Å². The van der Waals surface area contributed by atoms with Gasteiger partial charge in [0.25, 0.3) is 0 Å². The average molecular weight is 348 g/mol. The fourth-order valence-corrected chi connectivity index (χ4v) is 2.72. The molecule has 0 radical (unpaired) electrons. The van der Waals surface area contributed by atoms with Crippen LogP contribution in [0, 0.1) is 0 Å². The molecule has 0 bridgehead atoms. The predicted molar refractivity (Wildman–Crippen MR) is 98.0 cm³/mol. The predicted octanol–water partition coefficient (Wildman–Crippen LogP) is 0.364. The molecule has 0 aliphatic carbocycles. The van der Waals surface area contributed by atoms with Crippen LogP contribution in [0.15, 0.2) is 24.3 Å². The molecule has 1 aromatic rings. The first-order valence-electron chi connectivity index (χ1n) is 8.46. The van der Waals surface area contributed by atoms with Crippen LogP contribution in [-0.2, 0) is 9.59 Å². The van der Waals surface area contributed by atoms with Crippen LogP contribution >= 0.6 is 0 Å². The molecule has 1 aromatic carbocycles. The summed E-state index contributed by atoms with van der Waals surface area (Å²) in [4.78, 5) is 31.4. The van der Waals surface area contributed by atoms with Gasteiger partial charge in [-0.1, -0.05) is 6.07 Å². The highest BCUT2D eigenvalue weighted by Gasteiger charge is 2.22. The molecule has 0 aromatic heterocycles. The summed E-state index contributed by atoms with van der Waals surface area (Å²) in [5.41, 5.74) is 1.14. The highest BCUT2D eigenvalue weighted by Crippen LogP contribution is 2.22. The third kappa shape index (κ3) is 5.35. The molecule has 0 atom stereocenters. The van der Waals surface area contributed by atoms with Crippen molar-refractivity contribution in [3.63, 3.8) is 0 Å². The van der Waals surface area contributed by atoms with E-state index in [2.05, 4.69) is 15.9 Å². The van der Waals surface area contributed by atoms with Crippen molar-refractivity contribution in [1.82, 2.24) is 14.7 Å². The summed E-state index contributed by atoms with van der Waals surface area (Å²) in [5, 5.41) is 0. The maximum absolute atomic E-state index is 12.3. The van der Waals surface area contributed by atoms with Gasteiger partial charge in [0.2, 0.25) is 11.8 Å². The first kappa shape index (κ1) is 19.1. The first-order valence-corrected chi connectivity index (χ1v) is 8.46. The Morgan fingerprint density at radius 3 is 2.36 bits per heavy atom. The number of rotatable bonds is 6. The Balaban J connectivity index is 1.81. The quantitative estimate of drug-likeness (QED) is 0.743. The van der Waals surface area contributed by atoms with Gasteiger partial charge in [0.15, 0.2) is 0 Å². The summed E-state index contributed by atoms with van der Waals surface area (Å²) in [6, 6.07) is 8.02. The molecule has 25 heavy (non-hydrogen) atoms. The molecule has 1 aliphatic rings. The summed E-state index contributed by atoms with van der Waals surface area (Å²) in [6.07, 6.45) is 0. The topological polar surface area (TPSA) is 56.3 Å². The summed E-state index contributed by atoms with van der Waals surface area (Å²) in [6.45, 7) is 3.83. The number of piperazine rings is 1. The van der Waals surface area contributed by atoms with Crippen molar-refractivity contribution in [2.45, 2.75) is 0 Å². The van der Waals surface area contributed by atoms with E-state index in [4.69, 9.17) is 4.74 Å². The van der Waals surface area contributed by atoms with Crippen molar-refractivity contribution in [2.24, 2.45) is 0 Å². The van der Waals surface area contributed by atoms with Crippen LogP contribution in [0.25, 0.3) is 0 Å². The molecule has 0 unspecified atom stereocenters. The minimum Gasteiger partial charge on any atom is -0.497 e. The van der Waals surface area contributed by atoms with E-state index in [1.165, 1.54) is 9.80 Å². The minimum atomic E-state index is -0.0707. The lowest BCUT2D eigenvalue weighted by atomic mass is 10.2. The molecule has 7 heteroatoms. The van der Waals surface area contributed by atoms with Gasteiger partial charge in [-0.25, -0.2) is 0 Å². The van der Waals surface area contributed by atoms with Crippen molar-refractivity contribution in [3.8, 4) is 5.75 Å². The molecule has 2 rings (SSSR count). The van der Waals surface area contributed by atoms with Gasteiger partial charge in [0.05, 0.1) is 20.2 Å². The van der Waals surface area contributed by atoms with Gasteiger partial charge >= 0.3 is 0 Å². The molecular weight excluding hydrogens is 320 g/mol. The molecule has 0 spiro atoms. The van der Waals surface area contributed by atoms with Gasteiger partial charge < -0.3 is 19.4 Å². The van der Waals surface area contributed by atoms with E-state index in [-0.39, 0.29) is 18.4 Å². The molecule has 1 heterocycles. The first-order chi connectivity index (χ1) is 11.9. The molecule has 2 amide bonds. The Morgan fingerprint density at radius 2 is 1.76 bits per heavy atom. The summed E-state index contributed by atoms with van der Waals surface area (Å²) < 4.78 is 5.28. The number of carbonyl (C=O) groups is 2. The number of methoxy groups -OCH3 is 1. The number of hydrogen-bond acceptors (Lipinski definition) is 5. The van der Waals surface area contributed by atoms with E-state index in [0.717, 1.165) is 37.6 Å². The molecule has 0 N–H and O–H groups in total. The Morgan fingerprint density at radius 1 is 1.08 bits per heavy atom. The van der Waals surface area contributed by atoms with Gasteiger partial charge in [-0.2, -0.15) is 0 Å². The Labute approximate surface area is 149 Å². The number of anilines is 1. The van der Waals surface area contributed by atoms with Crippen LogP contribution in [0.4, 0.5) is 5.69 Å². The fourth-order valence-electron chi connectivity index (χ4n) is 2.72. The number of hydrogen-bond donors (Lipinski definition) is 0. The lowest BCUT2D eigenvalue weighted by molar-refractivity contribution is -0.138. The monoisotopic (exact) mass is 348 g/mol. The van der Waals surface area contributed by atoms with Crippen LogP contribution in [0.1, 0.15) is 0 Å². The van der Waals surface area contributed by atoms with Gasteiger partial charge in [-0.15, -0.1) is 0 Å². The van der Waals surface area contributed by atoms with E-state index in [0.29, 0.717) is 6.54 Å². The number of ether oxygens (including phenoxy) is 1. The summed E-state index contributed by atoms with van der Waals surface area (Å²) in [7, 11) is 6.73. The van der Waals surface area contributed by atoms with Crippen molar-refractivity contribution in [1.29, 1.82) is 0 Å². The maximum atomic E-state index is 12.3. The van der Waals surface area contributed by atoms with Crippen LogP contribution < -0.4 is 9.64 Å². The van der Waals surface area contributed by atoms with Gasteiger partial charge in [0, 0.05) is 59.1 Å². The zero-order valence-electron chi connectivity index (χ0n) is 15.6. The van der Waals surface area contributed by atoms with Gasteiger partial charge in [0.1, 0.15) is 5.75 Å². The smallest absolute Gasteiger partial charge is 0.241 e. The number of nitrogens with zero attached hydrogens (tertiary/aromatic N) is 4. The van der Waals surface area contributed by atoms with Crippen LogP contribution in [0.5, 0.6) is 5.75 Å². The average Bonchev–Trinajstić information content (AvgIpc) is 2.62. The molecular formula is C18H28N4O3. The molecule has 1 saturated heterocycles. The second-order valence-electron chi connectivity index (χ2n) is 6.50. The Kier molecular flexibility index (Phi) is 6.64. The largest absolute Gasteiger partial charge is 0.497 e. The van der Waals surface area contributed by atoms with E-state index in [9.17, 15) is 9.59 Å². The van der Waals surface area contributed by atoms with Crippen LogP contribution in [0.3, 0.4) is 0 Å². The normalized spacial score (nSPS) is 15.0.